The smallest absolute Gasteiger partial charge is 0.306 e. The van der Waals surface area contributed by atoms with Crippen molar-refractivity contribution >= 4 is 20.2 Å². The van der Waals surface area contributed by atoms with Crippen molar-refractivity contribution in [3.05, 3.63) is 29.3 Å². The molecule has 0 bridgehead atoms. The Morgan fingerprint density at radius 1 is 1.08 bits per heavy atom. The molecule has 0 unspecified atom stereocenters. The van der Waals surface area contributed by atoms with Crippen LogP contribution in [0.15, 0.2) is 10.6 Å². The molecular formula is C11H9F3N2O7S2. The van der Waals surface area contributed by atoms with Crippen LogP contribution in [0.4, 0.5) is 13.2 Å². The average Bonchev–Trinajstić information content (AvgIpc) is 2.92. The van der Waals surface area contributed by atoms with E-state index in [9.17, 15) is 30.0 Å². The van der Waals surface area contributed by atoms with Crippen LogP contribution in [-0.4, -0.2) is 39.5 Å². The molecule has 0 saturated heterocycles. The van der Waals surface area contributed by atoms with Crippen molar-refractivity contribution in [3.63, 3.8) is 0 Å². The van der Waals surface area contributed by atoms with Crippen LogP contribution in [0, 0.1) is 17.5 Å². The van der Waals surface area contributed by atoms with Gasteiger partial charge in [0.25, 0.3) is 16.0 Å². The van der Waals surface area contributed by atoms with Crippen molar-refractivity contribution in [2.24, 2.45) is 0 Å². The van der Waals surface area contributed by atoms with Crippen LogP contribution in [0.25, 0.3) is 11.5 Å². The molecular weight excluding hydrogens is 393 g/mol. The highest BCUT2D eigenvalue weighted by atomic mass is 32.2. The Labute approximate surface area is 139 Å². The predicted molar refractivity (Wildman–Crippen MR) is 74.7 cm³/mol. The van der Waals surface area contributed by atoms with E-state index in [1.165, 1.54) is 0 Å². The monoisotopic (exact) mass is 402 g/mol. The van der Waals surface area contributed by atoms with E-state index in [2.05, 4.69) is 23.0 Å². The van der Waals surface area contributed by atoms with Crippen molar-refractivity contribution in [1.82, 2.24) is 10.1 Å². The van der Waals surface area contributed by atoms with Crippen LogP contribution in [-0.2, 0) is 31.0 Å². The summed E-state index contributed by atoms with van der Waals surface area (Å²) in [6, 6.07) is 0.342. The van der Waals surface area contributed by atoms with Crippen molar-refractivity contribution in [3.8, 4) is 17.2 Å². The van der Waals surface area contributed by atoms with E-state index in [1.807, 2.05) is 0 Å². The fourth-order valence-electron chi connectivity index (χ4n) is 1.54. The largest absolute Gasteiger partial charge is 0.376 e. The minimum absolute atomic E-state index is 0.338. The summed E-state index contributed by atoms with van der Waals surface area (Å²) in [4.78, 5) is 3.55. The highest BCUT2D eigenvalue weighted by Crippen LogP contribution is 2.33. The topological polar surface area (TPSA) is 126 Å². The van der Waals surface area contributed by atoms with Gasteiger partial charge in [-0.25, -0.2) is 8.78 Å². The molecule has 14 heteroatoms. The Morgan fingerprint density at radius 2 is 1.72 bits per heavy atom. The number of nitrogens with zero attached hydrogens (tertiary/aromatic N) is 2. The zero-order valence-corrected chi connectivity index (χ0v) is 14.1. The second kappa shape index (κ2) is 6.61. The summed E-state index contributed by atoms with van der Waals surface area (Å²) in [5.41, 5.74) is -0.796. The average molecular weight is 402 g/mol. The summed E-state index contributed by atoms with van der Waals surface area (Å²) in [5.74, 6) is -7.64. The van der Waals surface area contributed by atoms with Gasteiger partial charge in [-0.3, -0.25) is 4.18 Å². The maximum absolute atomic E-state index is 14.3. The molecule has 25 heavy (non-hydrogen) atoms. The van der Waals surface area contributed by atoms with E-state index in [4.69, 9.17) is 0 Å². The van der Waals surface area contributed by atoms with Gasteiger partial charge in [-0.1, -0.05) is 5.16 Å². The number of hydrogen-bond donors (Lipinski definition) is 0. The summed E-state index contributed by atoms with van der Waals surface area (Å²) < 4.78 is 98.3. The van der Waals surface area contributed by atoms with E-state index in [0.717, 1.165) is 6.26 Å². The Kier molecular flexibility index (Phi) is 5.06. The molecule has 0 aliphatic rings. The molecule has 0 radical (unpaired) electrons. The molecule has 0 aliphatic carbocycles. The first kappa shape index (κ1) is 19.1. The molecule has 138 valence electrons. The number of rotatable bonds is 6. The second-order valence-corrected chi connectivity index (χ2v) is 7.85. The van der Waals surface area contributed by atoms with Gasteiger partial charge in [0.2, 0.25) is 11.6 Å². The maximum Gasteiger partial charge on any atom is 0.306 e. The van der Waals surface area contributed by atoms with Crippen molar-refractivity contribution < 1.29 is 42.9 Å². The SMILES string of the molecule is CS(=O)(=O)OCc1noc(-c2cc(F)c(F)c(OS(C)(=O)=O)c2F)n1. The third kappa shape index (κ3) is 4.90. The van der Waals surface area contributed by atoms with Gasteiger partial charge in [-0.05, 0) is 6.07 Å². The standard InChI is InChI=1S/C11H9F3N2O7S2/c1-24(17,18)21-4-7-15-11(22-16-7)5-3-6(12)9(14)10(8(5)13)23-25(2,19)20/h3H,4H2,1-2H3. The number of halogens is 3. The Hall–Kier alpha value is -2.19. The molecule has 0 N–H and O–H groups in total. The van der Waals surface area contributed by atoms with Crippen LogP contribution >= 0.6 is 0 Å². The molecule has 1 aromatic carbocycles. The predicted octanol–water partition coefficient (Wildman–Crippen LogP) is 0.969. The first-order valence-electron chi connectivity index (χ1n) is 6.11. The van der Waals surface area contributed by atoms with Gasteiger partial charge in [0.05, 0.1) is 18.1 Å². The van der Waals surface area contributed by atoms with Gasteiger partial charge in [-0.15, -0.1) is 0 Å². The zero-order valence-electron chi connectivity index (χ0n) is 12.5. The molecule has 0 saturated carbocycles. The van der Waals surface area contributed by atoms with Gasteiger partial charge in [-0.2, -0.15) is 26.2 Å². The molecule has 0 spiro atoms. The summed E-state index contributed by atoms with van der Waals surface area (Å²) in [5, 5.41) is 3.28. The van der Waals surface area contributed by atoms with Crippen molar-refractivity contribution in [2.75, 3.05) is 12.5 Å². The second-order valence-electron chi connectivity index (χ2n) is 4.63. The third-order valence-electron chi connectivity index (χ3n) is 2.45. The lowest BCUT2D eigenvalue weighted by Crippen LogP contribution is -2.10. The summed E-state index contributed by atoms with van der Waals surface area (Å²) in [6.45, 7) is -0.652. The normalized spacial score (nSPS) is 12.4. The highest BCUT2D eigenvalue weighted by Gasteiger charge is 2.27. The van der Waals surface area contributed by atoms with E-state index < -0.39 is 61.5 Å². The van der Waals surface area contributed by atoms with Crippen LogP contribution in [0.3, 0.4) is 0 Å². The molecule has 0 aliphatic heterocycles. The van der Waals surface area contributed by atoms with Gasteiger partial charge in [0, 0.05) is 0 Å². The van der Waals surface area contributed by atoms with E-state index in [-0.39, 0.29) is 5.82 Å². The van der Waals surface area contributed by atoms with Crippen molar-refractivity contribution in [2.45, 2.75) is 6.61 Å². The lowest BCUT2D eigenvalue weighted by atomic mass is 10.2. The van der Waals surface area contributed by atoms with Gasteiger partial charge in [0.1, 0.15) is 6.61 Å². The van der Waals surface area contributed by atoms with Crippen LogP contribution < -0.4 is 4.18 Å². The molecule has 0 amide bonds. The molecule has 1 heterocycles. The number of hydrogen-bond acceptors (Lipinski definition) is 9. The fourth-order valence-corrected chi connectivity index (χ4v) is 2.31. The van der Waals surface area contributed by atoms with E-state index in [1.54, 1.807) is 0 Å². The quantitative estimate of drug-likeness (QED) is 0.513. The van der Waals surface area contributed by atoms with Gasteiger partial charge in [0.15, 0.2) is 17.5 Å². The van der Waals surface area contributed by atoms with Crippen LogP contribution in [0.2, 0.25) is 0 Å². The molecule has 1 aromatic heterocycles. The fraction of sp³-hybridized carbons (Fsp3) is 0.273. The minimum atomic E-state index is -4.36. The summed E-state index contributed by atoms with van der Waals surface area (Å²) in [7, 11) is -8.17. The summed E-state index contributed by atoms with van der Waals surface area (Å²) in [6.07, 6.45) is 1.27. The number of aromatic nitrogens is 2. The zero-order chi connectivity index (χ0) is 19.0. The first-order chi connectivity index (χ1) is 11.4. The molecule has 9 nitrogen and oxygen atoms in total. The van der Waals surface area contributed by atoms with E-state index in [0.29, 0.717) is 12.3 Å². The van der Waals surface area contributed by atoms with Crippen LogP contribution in [0.5, 0.6) is 5.75 Å². The molecule has 0 atom stereocenters. The minimum Gasteiger partial charge on any atom is -0.376 e. The lowest BCUT2D eigenvalue weighted by Gasteiger charge is -2.08. The Bertz CT molecular complexity index is 1020. The van der Waals surface area contributed by atoms with Crippen LogP contribution in [0.1, 0.15) is 5.82 Å². The van der Waals surface area contributed by atoms with E-state index >= 15 is 0 Å². The first-order valence-corrected chi connectivity index (χ1v) is 9.75. The highest BCUT2D eigenvalue weighted by molar-refractivity contribution is 7.86. The Morgan fingerprint density at radius 3 is 2.28 bits per heavy atom. The number of benzene rings is 1. The van der Waals surface area contributed by atoms with Gasteiger partial charge >= 0.3 is 10.1 Å². The molecule has 0 fully saturated rings. The third-order valence-corrected chi connectivity index (χ3v) is 3.47. The van der Waals surface area contributed by atoms with Crippen molar-refractivity contribution in [1.29, 1.82) is 0 Å². The summed E-state index contributed by atoms with van der Waals surface area (Å²) >= 11 is 0. The maximum atomic E-state index is 14.3. The van der Waals surface area contributed by atoms with Gasteiger partial charge < -0.3 is 8.71 Å². The Balaban J connectivity index is 2.45. The molecule has 2 rings (SSSR count). The lowest BCUT2D eigenvalue weighted by molar-refractivity contribution is 0.293. The molecule has 2 aromatic rings.